The zero-order chi connectivity index (χ0) is 16.1. The summed E-state index contributed by atoms with van der Waals surface area (Å²) in [4.78, 5) is 4.54. The molecule has 1 heterocycles. The average molecular weight is 323 g/mol. The van der Waals surface area contributed by atoms with Crippen molar-refractivity contribution in [1.82, 2.24) is 4.98 Å². The summed E-state index contributed by atoms with van der Waals surface area (Å²) in [5, 5.41) is 7.01. The Morgan fingerprint density at radius 2 is 1.83 bits per heavy atom. The van der Waals surface area contributed by atoms with Gasteiger partial charge in [-0.15, -0.1) is 11.3 Å². The van der Waals surface area contributed by atoms with Crippen molar-refractivity contribution in [2.75, 3.05) is 12.5 Å². The van der Waals surface area contributed by atoms with E-state index in [2.05, 4.69) is 46.7 Å². The first kappa shape index (κ1) is 15.2. The molecule has 1 N–H and O–H groups in total. The Morgan fingerprint density at radius 1 is 1.09 bits per heavy atom. The van der Waals surface area contributed by atoms with E-state index in [1.807, 2.05) is 29.6 Å². The van der Waals surface area contributed by atoms with Crippen molar-refractivity contribution in [3.8, 4) is 17.0 Å². The maximum Gasteiger partial charge on any atom is 0.203 e. The quantitative estimate of drug-likeness (QED) is 0.552. The van der Waals surface area contributed by atoms with Gasteiger partial charge in [-0.2, -0.15) is 5.10 Å². The molecule has 3 aromatic rings. The third-order valence-electron chi connectivity index (χ3n) is 3.34. The summed E-state index contributed by atoms with van der Waals surface area (Å²) in [6, 6.07) is 16.0. The Morgan fingerprint density at radius 3 is 2.52 bits per heavy atom. The summed E-state index contributed by atoms with van der Waals surface area (Å²) in [5.41, 5.74) is 7.27. The molecular formula is C18H17N3OS. The number of methoxy groups -OCH3 is 1. The predicted octanol–water partition coefficient (Wildman–Crippen LogP) is 4.57. The minimum absolute atomic E-state index is 0.769. The minimum atomic E-state index is 0.769. The predicted molar refractivity (Wildman–Crippen MR) is 96.5 cm³/mol. The van der Waals surface area contributed by atoms with E-state index in [0.717, 1.165) is 27.7 Å². The van der Waals surface area contributed by atoms with Crippen LogP contribution in [0.4, 0.5) is 5.13 Å². The van der Waals surface area contributed by atoms with Gasteiger partial charge in [0, 0.05) is 10.9 Å². The van der Waals surface area contributed by atoms with Crippen molar-refractivity contribution >= 4 is 22.7 Å². The van der Waals surface area contributed by atoms with E-state index in [-0.39, 0.29) is 0 Å². The molecule has 0 saturated heterocycles. The summed E-state index contributed by atoms with van der Waals surface area (Å²) >= 11 is 1.53. The molecule has 4 nitrogen and oxygen atoms in total. The molecule has 1 aromatic heterocycles. The Bertz CT molecular complexity index is 792. The van der Waals surface area contributed by atoms with Gasteiger partial charge in [-0.25, -0.2) is 4.98 Å². The van der Waals surface area contributed by atoms with Gasteiger partial charge in [0.1, 0.15) is 5.75 Å². The SMILES string of the molecule is COc1ccc(C=NNc2nc(-c3ccc(C)cc3)cs2)cc1. The van der Waals surface area contributed by atoms with E-state index in [9.17, 15) is 0 Å². The molecule has 0 atom stereocenters. The molecule has 0 aliphatic carbocycles. The number of hydrazone groups is 1. The van der Waals surface area contributed by atoms with Crippen LogP contribution in [-0.2, 0) is 0 Å². The van der Waals surface area contributed by atoms with Crippen LogP contribution in [0.1, 0.15) is 11.1 Å². The average Bonchev–Trinajstić information content (AvgIpc) is 3.05. The fraction of sp³-hybridized carbons (Fsp3) is 0.111. The van der Waals surface area contributed by atoms with Crippen LogP contribution in [0.3, 0.4) is 0 Å². The molecule has 0 spiro atoms. The summed E-state index contributed by atoms with van der Waals surface area (Å²) < 4.78 is 5.13. The van der Waals surface area contributed by atoms with Crippen LogP contribution in [0.2, 0.25) is 0 Å². The zero-order valence-electron chi connectivity index (χ0n) is 13.0. The largest absolute Gasteiger partial charge is 0.497 e. The summed E-state index contributed by atoms with van der Waals surface area (Å²) in [5.74, 6) is 0.831. The number of thiazole rings is 1. The van der Waals surface area contributed by atoms with Crippen LogP contribution in [0.15, 0.2) is 59.0 Å². The van der Waals surface area contributed by atoms with Gasteiger partial charge in [0.2, 0.25) is 5.13 Å². The molecule has 0 aliphatic rings. The fourth-order valence-electron chi connectivity index (χ4n) is 2.03. The topological polar surface area (TPSA) is 46.5 Å². The normalized spacial score (nSPS) is 10.9. The number of anilines is 1. The van der Waals surface area contributed by atoms with Crippen molar-refractivity contribution in [3.05, 3.63) is 65.0 Å². The van der Waals surface area contributed by atoms with E-state index in [0.29, 0.717) is 0 Å². The van der Waals surface area contributed by atoms with Gasteiger partial charge in [-0.3, -0.25) is 5.43 Å². The third kappa shape index (κ3) is 3.96. The van der Waals surface area contributed by atoms with Crippen LogP contribution in [0.5, 0.6) is 5.75 Å². The lowest BCUT2D eigenvalue weighted by atomic mass is 10.1. The molecule has 3 rings (SSSR count). The molecule has 0 amide bonds. The van der Waals surface area contributed by atoms with Gasteiger partial charge in [0.25, 0.3) is 0 Å². The number of hydrogen-bond donors (Lipinski definition) is 1. The summed E-state index contributed by atoms with van der Waals surface area (Å²) in [7, 11) is 1.65. The summed E-state index contributed by atoms with van der Waals surface area (Å²) in [6.07, 6.45) is 1.76. The first-order chi connectivity index (χ1) is 11.2. The highest BCUT2D eigenvalue weighted by Gasteiger charge is 2.03. The molecule has 0 unspecified atom stereocenters. The van der Waals surface area contributed by atoms with Gasteiger partial charge < -0.3 is 4.74 Å². The minimum Gasteiger partial charge on any atom is -0.497 e. The molecule has 0 bridgehead atoms. The standard InChI is InChI=1S/C18H17N3OS/c1-13-3-7-15(8-4-13)17-12-23-18(20-17)21-19-11-14-5-9-16(22-2)10-6-14/h3-12H,1-2H3,(H,20,21). The molecule has 116 valence electrons. The van der Waals surface area contributed by atoms with Crippen molar-refractivity contribution in [2.45, 2.75) is 6.92 Å². The van der Waals surface area contributed by atoms with Gasteiger partial charge in [-0.1, -0.05) is 29.8 Å². The molecule has 0 fully saturated rings. The second-order valence-electron chi connectivity index (χ2n) is 5.05. The highest BCUT2D eigenvalue weighted by Crippen LogP contribution is 2.25. The maximum absolute atomic E-state index is 5.13. The number of benzene rings is 2. The number of nitrogens with zero attached hydrogens (tertiary/aromatic N) is 2. The van der Waals surface area contributed by atoms with Gasteiger partial charge >= 0.3 is 0 Å². The molecule has 0 radical (unpaired) electrons. The summed E-state index contributed by atoms with van der Waals surface area (Å²) in [6.45, 7) is 2.08. The lowest BCUT2D eigenvalue weighted by Gasteiger charge is -1.99. The number of ether oxygens (including phenoxy) is 1. The van der Waals surface area contributed by atoms with Crippen LogP contribution >= 0.6 is 11.3 Å². The fourth-order valence-corrected chi connectivity index (χ4v) is 2.70. The van der Waals surface area contributed by atoms with E-state index < -0.39 is 0 Å². The monoisotopic (exact) mass is 323 g/mol. The smallest absolute Gasteiger partial charge is 0.203 e. The van der Waals surface area contributed by atoms with E-state index in [1.54, 1.807) is 13.3 Å². The second-order valence-corrected chi connectivity index (χ2v) is 5.91. The van der Waals surface area contributed by atoms with Crippen molar-refractivity contribution in [1.29, 1.82) is 0 Å². The van der Waals surface area contributed by atoms with Gasteiger partial charge in [-0.05, 0) is 36.8 Å². The molecule has 5 heteroatoms. The first-order valence-corrected chi connectivity index (χ1v) is 8.08. The van der Waals surface area contributed by atoms with Gasteiger partial charge in [0.05, 0.1) is 19.0 Å². The molecule has 0 aliphatic heterocycles. The van der Waals surface area contributed by atoms with Crippen molar-refractivity contribution in [3.63, 3.8) is 0 Å². The van der Waals surface area contributed by atoms with Crippen LogP contribution in [-0.4, -0.2) is 18.3 Å². The Hall–Kier alpha value is -2.66. The second kappa shape index (κ2) is 7.07. The molecular weight excluding hydrogens is 306 g/mol. The lowest BCUT2D eigenvalue weighted by molar-refractivity contribution is 0.415. The number of rotatable bonds is 5. The van der Waals surface area contributed by atoms with Crippen molar-refractivity contribution < 1.29 is 4.74 Å². The lowest BCUT2D eigenvalue weighted by Crippen LogP contribution is -1.90. The van der Waals surface area contributed by atoms with Gasteiger partial charge in [0.15, 0.2) is 0 Å². The molecule has 0 saturated carbocycles. The highest BCUT2D eigenvalue weighted by atomic mass is 32.1. The zero-order valence-corrected chi connectivity index (χ0v) is 13.8. The number of aromatic nitrogens is 1. The van der Waals surface area contributed by atoms with E-state index in [4.69, 9.17) is 4.74 Å². The third-order valence-corrected chi connectivity index (χ3v) is 4.09. The number of nitrogens with one attached hydrogen (secondary N) is 1. The Labute approximate surface area is 139 Å². The van der Waals surface area contributed by atoms with E-state index in [1.165, 1.54) is 16.9 Å². The number of hydrogen-bond acceptors (Lipinski definition) is 5. The van der Waals surface area contributed by atoms with Crippen LogP contribution in [0.25, 0.3) is 11.3 Å². The Kier molecular flexibility index (Phi) is 4.68. The number of aryl methyl sites for hydroxylation is 1. The van der Waals surface area contributed by atoms with Crippen molar-refractivity contribution in [2.24, 2.45) is 5.10 Å². The van der Waals surface area contributed by atoms with Crippen LogP contribution in [0, 0.1) is 6.92 Å². The molecule has 23 heavy (non-hydrogen) atoms. The molecule has 2 aromatic carbocycles. The first-order valence-electron chi connectivity index (χ1n) is 7.20. The van der Waals surface area contributed by atoms with E-state index >= 15 is 0 Å². The Balaban J connectivity index is 1.64. The van der Waals surface area contributed by atoms with Crippen LogP contribution < -0.4 is 10.2 Å². The highest BCUT2D eigenvalue weighted by molar-refractivity contribution is 7.14. The maximum atomic E-state index is 5.13.